The third kappa shape index (κ3) is 3.90. The topological polar surface area (TPSA) is 16.4 Å². The van der Waals surface area contributed by atoms with Crippen LogP contribution in [0.1, 0.15) is 0 Å². The molecule has 2 heteroatoms. The van der Waals surface area contributed by atoms with Gasteiger partial charge in [0.1, 0.15) is 11.2 Å². The molecule has 0 fully saturated rings. The van der Waals surface area contributed by atoms with Crippen molar-refractivity contribution in [2.45, 2.75) is 0 Å². The molecule has 0 N–H and O–H groups in total. The number of fused-ring (bicyclic) bond motifs is 1. The van der Waals surface area contributed by atoms with E-state index in [-0.39, 0.29) is 0 Å². The Balaban J connectivity index is 1.23. The number of rotatable bonds is 5. The molecule has 2 nitrogen and oxygen atoms in total. The highest BCUT2D eigenvalue weighted by Crippen LogP contribution is 2.52. The first-order valence-electron chi connectivity index (χ1n) is 17.2. The molecule has 0 bridgehead atoms. The van der Waals surface area contributed by atoms with Crippen LogP contribution in [0, 0.1) is 0 Å². The lowest BCUT2D eigenvalue weighted by atomic mass is 9.92. The molecule has 0 unspecified atom stereocenters. The molecule has 1 aromatic heterocycles. The van der Waals surface area contributed by atoms with E-state index in [1.807, 2.05) is 0 Å². The quantitative estimate of drug-likeness (QED) is 0.175. The van der Waals surface area contributed by atoms with Crippen LogP contribution in [0.4, 0.5) is 17.1 Å². The van der Waals surface area contributed by atoms with Crippen molar-refractivity contribution >= 4 is 71.3 Å². The van der Waals surface area contributed by atoms with Gasteiger partial charge in [0.15, 0.2) is 0 Å². The van der Waals surface area contributed by atoms with E-state index < -0.39 is 0 Å². The summed E-state index contributed by atoms with van der Waals surface area (Å²) in [7, 11) is 0. The Morgan fingerprint density at radius 3 is 1.52 bits per heavy atom. The Kier molecular flexibility index (Phi) is 5.70. The number of hydrogen-bond acceptors (Lipinski definition) is 2. The predicted molar refractivity (Wildman–Crippen MR) is 211 cm³/mol. The van der Waals surface area contributed by atoms with Crippen molar-refractivity contribution in [3.05, 3.63) is 176 Å². The molecule has 0 amide bonds. The highest BCUT2D eigenvalue weighted by atomic mass is 16.3. The van der Waals surface area contributed by atoms with E-state index in [4.69, 9.17) is 4.42 Å². The Hall–Kier alpha value is -6.64. The van der Waals surface area contributed by atoms with E-state index in [0.29, 0.717) is 0 Å². The number of nitrogens with zero attached hydrogens (tertiary/aromatic N) is 1. The maximum atomic E-state index is 6.81. The zero-order valence-electron chi connectivity index (χ0n) is 27.1. The molecule has 10 aromatic rings. The van der Waals surface area contributed by atoms with E-state index in [2.05, 4.69) is 181 Å². The normalized spacial score (nSPS) is 12.0. The fraction of sp³-hybridized carbons (Fsp3) is 0. The molecule has 50 heavy (non-hydrogen) atoms. The van der Waals surface area contributed by atoms with Crippen molar-refractivity contribution in [3.8, 4) is 33.4 Å². The molecular formula is C48H29NO. The highest BCUT2D eigenvalue weighted by molar-refractivity contribution is 6.38. The lowest BCUT2D eigenvalue weighted by Crippen LogP contribution is -2.10. The summed E-state index contributed by atoms with van der Waals surface area (Å²) in [6.45, 7) is 0. The van der Waals surface area contributed by atoms with Crippen LogP contribution in [0.3, 0.4) is 0 Å². The Morgan fingerprint density at radius 1 is 0.340 bits per heavy atom. The molecule has 0 saturated carbocycles. The van der Waals surface area contributed by atoms with Gasteiger partial charge in [0.05, 0.1) is 5.69 Å². The third-order valence-electron chi connectivity index (χ3n) is 10.6. The first-order valence-corrected chi connectivity index (χ1v) is 17.2. The van der Waals surface area contributed by atoms with Gasteiger partial charge in [-0.25, -0.2) is 0 Å². The molecule has 0 radical (unpaired) electrons. The summed E-state index contributed by atoms with van der Waals surface area (Å²) in [4.78, 5) is 2.40. The van der Waals surface area contributed by atoms with Gasteiger partial charge >= 0.3 is 0 Å². The first-order chi connectivity index (χ1) is 24.8. The van der Waals surface area contributed by atoms with Gasteiger partial charge in [-0.3, -0.25) is 0 Å². The molecule has 11 rings (SSSR count). The van der Waals surface area contributed by atoms with Crippen molar-refractivity contribution in [2.24, 2.45) is 0 Å². The van der Waals surface area contributed by atoms with Crippen LogP contribution < -0.4 is 4.90 Å². The van der Waals surface area contributed by atoms with Crippen molar-refractivity contribution in [2.75, 3.05) is 4.90 Å². The van der Waals surface area contributed by atoms with E-state index >= 15 is 0 Å². The fourth-order valence-electron chi connectivity index (χ4n) is 8.31. The monoisotopic (exact) mass is 635 g/mol. The smallest absolute Gasteiger partial charge is 0.138 e. The third-order valence-corrected chi connectivity index (χ3v) is 10.6. The standard InChI is InChI=1S/C48H29NO/c1-3-9-30(10-4-1)32-19-24-36(25-20-32)49(37-26-21-33(22-27-37)31-11-5-2-6-12-31)41-29-43-48-46-39(15-8-16-42(46)50-43)38-14-7-13-34-17-18-35-23-28-40(41)47(48)45(35)44(34)38/h1-29H. The van der Waals surface area contributed by atoms with Crippen molar-refractivity contribution in [3.63, 3.8) is 0 Å². The molecular weight excluding hydrogens is 607 g/mol. The Bertz CT molecular complexity index is 2860. The molecule has 1 aliphatic rings. The number of benzene rings is 9. The second-order valence-electron chi connectivity index (χ2n) is 13.3. The molecule has 1 heterocycles. The summed E-state index contributed by atoms with van der Waals surface area (Å²) in [6.07, 6.45) is 0. The summed E-state index contributed by atoms with van der Waals surface area (Å²) < 4.78 is 6.81. The maximum Gasteiger partial charge on any atom is 0.138 e. The molecule has 0 saturated heterocycles. The predicted octanol–water partition coefficient (Wildman–Crippen LogP) is 13.8. The van der Waals surface area contributed by atoms with Gasteiger partial charge in [0, 0.05) is 39.0 Å². The second kappa shape index (κ2) is 10.4. The van der Waals surface area contributed by atoms with Crippen LogP contribution >= 0.6 is 0 Å². The Morgan fingerprint density at radius 2 is 0.880 bits per heavy atom. The highest BCUT2D eigenvalue weighted by Gasteiger charge is 2.26. The number of hydrogen-bond donors (Lipinski definition) is 0. The van der Waals surface area contributed by atoms with Crippen LogP contribution in [-0.4, -0.2) is 0 Å². The molecule has 232 valence electrons. The van der Waals surface area contributed by atoms with E-state index in [1.165, 1.54) is 76.5 Å². The van der Waals surface area contributed by atoms with E-state index in [1.54, 1.807) is 0 Å². The zero-order chi connectivity index (χ0) is 32.8. The molecule has 9 aromatic carbocycles. The molecule has 0 spiro atoms. The summed E-state index contributed by atoms with van der Waals surface area (Å²) in [5.41, 5.74) is 12.4. The van der Waals surface area contributed by atoms with Crippen molar-refractivity contribution < 1.29 is 4.42 Å². The van der Waals surface area contributed by atoms with Crippen LogP contribution in [0.15, 0.2) is 180 Å². The summed E-state index contributed by atoms with van der Waals surface area (Å²) in [5.74, 6) is 0. The van der Waals surface area contributed by atoms with Crippen LogP contribution in [0.25, 0.3) is 87.6 Å². The van der Waals surface area contributed by atoms with Gasteiger partial charge in [-0.05, 0) is 85.3 Å². The van der Waals surface area contributed by atoms with Gasteiger partial charge in [0.25, 0.3) is 0 Å². The largest absolute Gasteiger partial charge is 0.456 e. The zero-order valence-corrected chi connectivity index (χ0v) is 27.1. The molecule has 0 atom stereocenters. The molecule has 1 aliphatic carbocycles. The van der Waals surface area contributed by atoms with Crippen molar-refractivity contribution in [1.82, 2.24) is 0 Å². The van der Waals surface area contributed by atoms with E-state index in [0.717, 1.165) is 28.2 Å². The van der Waals surface area contributed by atoms with Crippen molar-refractivity contribution in [1.29, 1.82) is 0 Å². The van der Waals surface area contributed by atoms with Crippen LogP contribution in [-0.2, 0) is 0 Å². The minimum absolute atomic E-state index is 0.902. The minimum atomic E-state index is 0.902. The first kappa shape index (κ1) is 27.3. The number of anilines is 3. The number of furan rings is 1. The maximum absolute atomic E-state index is 6.81. The lowest BCUT2D eigenvalue weighted by Gasteiger charge is -2.28. The summed E-state index contributed by atoms with van der Waals surface area (Å²) >= 11 is 0. The SMILES string of the molecule is c1ccc(-c2ccc(N(c3ccc(-c4ccccc4)cc3)c3cc4oc5cccc6c5c4c4c3ccc3ccc5cccc-6c5c34)cc2)cc1. The average molecular weight is 636 g/mol. The van der Waals surface area contributed by atoms with Gasteiger partial charge in [-0.2, -0.15) is 0 Å². The fourth-order valence-corrected chi connectivity index (χ4v) is 8.31. The molecule has 0 aliphatic heterocycles. The van der Waals surface area contributed by atoms with Gasteiger partial charge in [-0.15, -0.1) is 0 Å². The summed E-state index contributed by atoms with van der Waals surface area (Å²) in [5, 5.41) is 9.94. The Labute approximate surface area is 289 Å². The lowest BCUT2D eigenvalue weighted by molar-refractivity contribution is 0.669. The minimum Gasteiger partial charge on any atom is -0.456 e. The summed E-state index contributed by atoms with van der Waals surface area (Å²) in [6, 6.07) is 63.7. The average Bonchev–Trinajstić information content (AvgIpc) is 3.51. The van der Waals surface area contributed by atoms with Crippen LogP contribution in [0.2, 0.25) is 0 Å². The van der Waals surface area contributed by atoms with E-state index in [9.17, 15) is 0 Å². The van der Waals surface area contributed by atoms with Crippen LogP contribution in [0.5, 0.6) is 0 Å². The van der Waals surface area contributed by atoms with Gasteiger partial charge in [0.2, 0.25) is 0 Å². The second-order valence-corrected chi connectivity index (χ2v) is 13.3. The van der Waals surface area contributed by atoms with Gasteiger partial charge < -0.3 is 9.32 Å². The van der Waals surface area contributed by atoms with Gasteiger partial charge in [-0.1, -0.05) is 140 Å².